The second kappa shape index (κ2) is 32.6. The van der Waals surface area contributed by atoms with Crippen molar-refractivity contribution in [1.29, 1.82) is 0 Å². The molecule has 25 rings (SSSR count). The summed E-state index contributed by atoms with van der Waals surface area (Å²) in [5, 5.41) is 8.32. The maximum atomic E-state index is 13.8. The lowest BCUT2D eigenvalue weighted by molar-refractivity contribution is -0.148. The van der Waals surface area contributed by atoms with Gasteiger partial charge in [0.15, 0.2) is 58.4 Å². The number of hydrogen-bond donors (Lipinski definition) is 4. The van der Waals surface area contributed by atoms with Crippen LogP contribution in [0.5, 0.6) is 0 Å². The molecule has 0 amide bonds. The molecular formula is C89H99N3O21S4. The molecule has 8 heterocycles. The van der Waals surface area contributed by atoms with Crippen LogP contribution >= 0.6 is 0 Å². The molecule has 7 aromatic rings. The number of sulfone groups is 3. The van der Waals surface area contributed by atoms with Crippen LogP contribution in [0.3, 0.4) is 0 Å². The minimum atomic E-state index is -3.98. The van der Waals surface area contributed by atoms with Crippen molar-refractivity contribution in [2.75, 3.05) is 6.61 Å². The lowest BCUT2D eigenvalue weighted by Gasteiger charge is -2.48. The number of hydrogen-bond acceptors (Lipinski definition) is 21. The molecule has 620 valence electrons. The van der Waals surface area contributed by atoms with Crippen LogP contribution in [-0.4, -0.2) is 167 Å². The summed E-state index contributed by atoms with van der Waals surface area (Å²) in [6.45, 7) is 21.5. The largest absolute Gasteiger partial charge is 0.461 e. The predicted octanol–water partition coefficient (Wildman–Crippen LogP) is 13.6. The maximum absolute atomic E-state index is 13.8. The molecule has 117 heavy (non-hydrogen) atoms. The van der Waals surface area contributed by atoms with E-state index in [1.54, 1.807) is 98.8 Å². The highest BCUT2D eigenvalue weighted by Crippen LogP contribution is 2.58. The number of aliphatic hydroxyl groups excluding tert-OH is 1. The van der Waals surface area contributed by atoms with E-state index in [2.05, 4.69) is 63.8 Å². The summed E-state index contributed by atoms with van der Waals surface area (Å²) >= 11 is -0.750. The molecule has 5 aliphatic heterocycles. The van der Waals surface area contributed by atoms with Crippen molar-refractivity contribution in [1.82, 2.24) is 15.0 Å². The molecule has 20 atom stereocenters. The Labute approximate surface area is 686 Å². The third-order valence-electron chi connectivity index (χ3n) is 23.3. The summed E-state index contributed by atoms with van der Waals surface area (Å²) < 4.78 is 160. The van der Waals surface area contributed by atoms with Gasteiger partial charge in [-0.2, -0.15) is 8.42 Å². The number of fused-ring (bicyclic) bond motifs is 2. The fourth-order valence-corrected chi connectivity index (χ4v) is 25.0. The number of carbonyl (C=O) groups is 1. The Bertz CT molecular complexity index is 5250. The molecule has 13 aliphatic carbocycles. The van der Waals surface area contributed by atoms with Gasteiger partial charge in [-0.05, 0) is 158 Å². The van der Waals surface area contributed by atoms with Gasteiger partial charge in [-0.15, -0.1) is 0 Å². The summed E-state index contributed by atoms with van der Waals surface area (Å²) in [4.78, 5) is 22.1. The molecule has 4 N–H and O–H groups in total. The first kappa shape index (κ1) is 83.7. The highest BCUT2D eigenvalue weighted by molar-refractivity contribution is 7.96. The van der Waals surface area contributed by atoms with Gasteiger partial charge in [-0.3, -0.25) is 0 Å². The lowest BCUT2D eigenvalue weighted by Crippen LogP contribution is -2.63. The Kier molecular flexibility index (Phi) is 23.3. The van der Waals surface area contributed by atoms with Crippen LogP contribution in [-0.2, 0) is 99.8 Å². The first-order chi connectivity index (χ1) is 55.7. The average molecular weight is 1680 g/mol. The number of aromatic nitrogens is 3. The van der Waals surface area contributed by atoms with Gasteiger partial charge in [0.1, 0.15) is 17.9 Å². The van der Waals surface area contributed by atoms with Gasteiger partial charge in [0, 0.05) is 83.2 Å². The smallest absolute Gasteiger partial charge is 0.355 e. The molecule has 5 saturated heterocycles. The van der Waals surface area contributed by atoms with Crippen LogP contribution in [0.25, 0.3) is 6.08 Å². The zero-order valence-electron chi connectivity index (χ0n) is 66.6. The van der Waals surface area contributed by atoms with Gasteiger partial charge < -0.3 is 72.2 Å². The third kappa shape index (κ3) is 16.5. The quantitative estimate of drug-likeness (QED) is 0.0730. The van der Waals surface area contributed by atoms with E-state index in [0.717, 1.165) is 22.4 Å². The first-order valence-corrected chi connectivity index (χ1v) is 44.7. The van der Waals surface area contributed by atoms with Crippen molar-refractivity contribution in [2.45, 2.75) is 233 Å². The molecule has 0 radical (unpaired) electrons. The zero-order valence-corrected chi connectivity index (χ0v) is 69.9. The molecule has 28 heteroatoms. The average Bonchev–Trinajstić information content (AvgIpc) is 1.67. The minimum Gasteiger partial charge on any atom is -0.461 e. The topological polar surface area (TPSA) is 323 Å². The number of aliphatic hydroxyl groups is 1. The van der Waals surface area contributed by atoms with Crippen molar-refractivity contribution >= 4 is 53.1 Å². The molecule has 3 aromatic heterocycles. The SMILES string of the molecule is CC1(C)OC2C3C=CC(C2O1)C(S(=O)(=O)c1ccccc1)C3S(=O)(=O)c1ccccc1.CC1(C)OC2C3C=CC(c4c3c[nH]c4CO)C2O1.CC1(C)OC2C3C=CC(c4c[nH]cc43)C2O1.CC1(C)OC2C=CC=CC2O1.CCOC(=O)c1[nH]cc2c1C1C=CC2C2OC(C)(C)OC12.O=S(=O)(/C=C/c1ccccc1)c1ccccc1.O=S=O. The number of ether oxygens (including phenoxy) is 11. The summed E-state index contributed by atoms with van der Waals surface area (Å²) in [6, 6.07) is 33.8. The fraction of sp³-hybridized carbons (Fsp3) is 0.427. The van der Waals surface area contributed by atoms with E-state index in [1.807, 2.05) is 129 Å². The Morgan fingerprint density at radius 2 is 0.769 bits per heavy atom. The molecule has 18 aliphatic rings. The molecule has 8 bridgehead atoms. The number of esters is 1. The highest BCUT2D eigenvalue weighted by Gasteiger charge is 2.66. The number of H-pyrrole nitrogens is 3. The van der Waals surface area contributed by atoms with Gasteiger partial charge in [0.2, 0.25) is 0 Å². The van der Waals surface area contributed by atoms with E-state index >= 15 is 0 Å². The number of benzene rings is 4. The standard InChI is InChI=1S/C23H24O6S2.C16H19NO4.C14H17NO3.C14H12O2S.C13H15NO2.C9H12O2.O2S/c1-23(2)28-19-17-13-14-18(20(19)29-23)22(31(26,27)16-11-7-4-8-12-16)21(17)30(24,25)15-9-5-3-6-10-15;1-4-19-15(18)12-11-9-6-5-8(10(11)7-17-12)13-14(9)21-16(2,3)20-13;1-14(2)17-12-7-3-4-8(13(12)18-14)11-9(7)5-15-10(11)6-16;15-17(16,14-9-5-2-6-10-14)12-11-13-7-3-1-4-8-13;1-13(2)15-11-7-3-4-8(12(11)16-13)10-6-14-5-9(7)10;1-9(2)10-7-5-3-4-6-8(7)11-9;1-3-2/h3-14,17-22H,1-2H3;5-9,13-14,17H,4H2,1-3H3;3-5,7-8,12-13,15-16H,6H2,1-2H3;1-12H;3-8,11-12,14H,1-2H3;3-8H,1-2H3;/b;;;12-11+;;;. The van der Waals surface area contributed by atoms with Crippen LogP contribution in [0.1, 0.15) is 167 Å². The summed E-state index contributed by atoms with van der Waals surface area (Å²) in [7, 11) is -11.3. The Hall–Kier alpha value is -8.40. The van der Waals surface area contributed by atoms with E-state index in [-0.39, 0.29) is 94.9 Å². The van der Waals surface area contributed by atoms with Crippen LogP contribution in [0.15, 0.2) is 239 Å². The van der Waals surface area contributed by atoms with Crippen LogP contribution in [0.2, 0.25) is 0 Å². The second-order valence-electron chi connectivity index (χ2n) is 33.1. The molecule has 4 aromatic carbocycles. The van der Waals surface area contributed by atoms with E-state index in [9.17, 15) is 35.2 Å². The number of nitrogens with one attached hydrogen (secondary N) is 3. The first-order valence-electron chi connectivity index (χ1n) is 39.4. The number of rotatable bonds is 10. The lowest BCUT2D eigenvalue weighted by atomic mass is 9.69. The monoisotopic (exact) mass is 1670 g/mol. The Morgan fingerprint density at radius 1 is 0.427 bits per heavy atom. The molecule has 20 unspecified atom stereocenters. The fourth-order valence-electron chi connectivity index (χ4n) is 19.0. The van der Waals surface area contributed by atoms with Gasteiger partial charge in [-0.25, -0.2) is 30.0 Å². The van der Waals surface area contributed by atoms with E-state index in [1.165, 1.54) is 51.9 Å². The van der Waals surface area contributed by atoms with Crippen molar-refractivity contribution in [3.05, 3.63) is 275 Å². The predicted molar refractivity (Wildman–Crippen MR) is 435 cm³/mol. The number of carbonyl (C=O) groups excluding carboxylic acids is 1. The summed E-state index contributed by atoms with van der Waals surface area (Å²) in [6.07, 6.45) is 34.4. The van der Waals surface area contributed by atoms with Crippen LogP contribution in [0, 0.1) is 11.8 Å². The van der Waals surface area contributed by atoms with Crippen molar-refractivity contribution in [2.24, 2.45) is 11.8 Å². The van der Waals surface area contributed by atoms with Gasteiger partial charge in [-0.1, -0.05) is 158 Å². The molecule has 6 fully saturated rings. The zero-order chi connectivity index (χ0) is 82.9. The molecular weight excluding hydrogens is 1580 g/mol. The van der Waals surface area contributed by atoms with Crippen molar-refractivity contribution < 1.29 is 95.7 Å². The van der Waals surface area contributed by atoms with Crippen LogP contribution in [0.4, 0.5) is 0 Å². The van der Waals surface area contributed by atoms with E-state index < -0.39 is 105 Å². The summed E-state index contributed by atoms with van der Waals surface area (Å²) in [5.41, 5.74) is 9.73. The van der Waals surface area contributed by atoms with Gasteiger partial charge in [0.05, 0.1) is 87.2 Å². The summed E-state index contributed by atoms with van der Waals surface area (Å²) in [5.74, 6) is -3.08. The van der Waals surface area contributed by atoms with Crippen molar-refractivity contribution in [3.63, 3.8) is 0 Å². The van der Waals surface area contributed by atoms with Gasteiger partial charge >= 0.3 is 17.5 Å². The number of allylic oxidation sites excluding steroid dienone is 2. The van der Waals surface area contributed by atoms with Crippen LogP contribution < -0.4 is 0 Å². The van der Waals surface area contributed by atoms with Crippen molar-refractivity contribution in [3.8, 4) is 0 Å². The van der Waals surface area contributed by atoms with E-state index in [4.69, 9.17) is 60.5 Å². The molecule has 24 nitrogen and oxygen atoms in total. The van der Waals surface area contributed by atoms with E-state index in [0.29, 0.717) is 29.0 Å². The Balaban J connectivity index is 0.000000112. The second-order valence-corrected chi connectivity index (χ2v) is 39.3. The highest BCUT2D eigenvalue weighted by atomic mass is 32.2. The normalized spacial score (nSPS) is 32.4. The third-order valence-corrected chi connectivity index (χ3v) is 29.4. The maximum Gasteiger partial charge on any atom is 0.355 e. The molecule has 0 spiro atoms. The number of aromatic amines is 3. The Morgan fingerprint density at radius 3 is 1.18 bits per heavy atom. The molecule has 1 saturated carbocycles. The van der Waals surface area contributed by atoms with Gasteiger partial charge in [0.25, 0.3) is 0 Å². The minimum absolute atomic E-state index is 0.0216.